The molecule has 4 nitrogen and oxygen atoms in total. The Labute approximate surface area is 115 Å². The first-order valence-corrected chi connectivity index (χ1v) is 8.42. The van der Waals surface area contributed by atoms with Crippen LogP contribution in [0.3, 0.4) is 0 Å². The molecule has 1 aliphatic heterocycles. The maximum atomic E-state index is 11.6. The van der Waals surface area contributed by atoms with Crippen LogP contribution in [0.4, 0.5) is 0 Å². The van der Waals surface area contributed by atoms with Crippen molar-refractivity contribution in [3.05, 3.63) is 29.8 Å². The fourth-order valence-electron chi connectivity index (χ4n) is 2.40. The largest absolute Gasteiger partial charge is 0.494 e. The molecule has 1 aromatic carbocycles. The Hall–Kier alpha value is -1.07. The van der Waals surface area contributed by atoms with Crippen molar-refractivity contribution in [3.8, 4) is 5.75 Å². The van der Waals surface area contributed by atoms with Gasteiger partial charge in [-0.05, 0) is 26.3 Å². The summed E-state index contributed by atoms with van der Waals surface area (Å²) in [5.41, 5.74) is 0.743. The average molecular weight is 283 g/mol. The van der Waals surface area contributed by atoms with Gasteiger partial charge in [-0.2, -0.15) is 0 Å². The standard InChI is InChI=1S/C14H21NO3S/c1-3-18-13-7-5-4-6-12(13)10-15-14(2)8-9-19(16,17)11-14/h4-7,15H,3,8-11H2,1-2H3. The molecule has 0 aliphatic carbocycles. The third-order valence-corrected chi connectivity index (χ3v) is 5.38. The second kappa shape index (κ2) is 5.51. The maximum absolute atomic E-state index is 11.6. The quantitative estimate of drug-likeness (QED) is 0.894. The Morgan fingerprint density at radius 2 is 2.11 bits per heavy atom. The van der Waals surface area contributed by atoms with Crippen LogP contribution in [0.15, 0.2) is 24.3 Å². The molecular weight excluding hydrogens is 262 g/mol. The van der Waals surface area contributed by atoms with Crippen molar-refractivity contribution in [2.75, 3.05) is 18.1 Å². The zero-order valence-electron chi connectivity index (χ0n) is 11.5. The van der Waals surface area contributed by atoms with E-state index < -0.39 is 9.84 Å². The van der Waals surface area contributed by atoms with Crippen molar-refractivity contribution in [1.29, 1.82) is 0 Å². The zero-order chi connectivity index (χ0) is 13.9. The van der Waals surface area contributed by atoms with E-state index in [0.717, 1.165) is 11.3 Å². The first-order chi connectivity index (χ1) is 8.94. The lowest BCUT2D eigenvalue weighted by molar-refractivity contribution is 0.330. The number of para-hydroxylation sites is 1. The molecule has 0 spiro atoms. The van der Waals surface area contributed by atoms with E-state index in [4.69, 9.17) is 4.74 Å². The van der Waals surface area contributed by atoms with Crippen molar-refractivity contribution in [2.24, 2.45) is 0 Å². The first-order valence-electron chi connectivity index (χ1n) is 6.60. The molecule has 0 saturated carbocycles. The summed E-state index contributed by atoms with van der Waals surface area (Å²) in [5, 5.41) is 3.37. The minimum atomic E-state index is -2.87. The number of nitrogens with one attached hydrogen (secondary N) is 1. The smallest absolute Gasteiger partial charge is 0.152 e. The topological polar surface area (TPSA) is 55.4 Å². The highest BCUT2D eigenvalue weighted by molar-refractivity contribution is 7.91. The minimum absolute atomic E-state index is 0.219. The van der Waals surface area contributed by atoms with Gasteiger partial charge in [-0.25, -0.2) is 8.42 Å². The first kappa shape index (κ1) is 14.3. The van der Waals surface area contributed by atoms with E-state index in [0.29, 0.717) is 19.6 Å². The summed E-state index contributed by atoms with van der Waals surface area (Å²) in [6, 6.07) is 7.85. The van der Waals surface area contributed by atoms with Crippen molar-refractivity contribution in [1.82, 2.24) is 5.32 Å². The van der Waals surface area contributed by atoms with Gasteiger partial charge in [0.2, 0.25) is 0 Å². The minimum Gasteiger partial charge on any atom is -0.494 e. The van der Waals surface area contributed by atoms with E-state index in [9.17, 15) is 8.42 Å². The summed E-state index contributed by atoms with van der Waals surface area (Å²) in [5.74, 6) is 1.36. The highest BCUT2D eigenvalue weighted by atomic mass is 32.2. The lowest BCUT2D eigenvalue weighted by Gasteiger charge is -2.24. The van der Waals surface area contributed by atoms with Gasteiger partial charge in [0.25, 0.3) is 0 Å². The van der Waals surface area contributed by atoms with Gasteiger partial charge in [-0.3, -0.25) is 0 Å². The van der Waals surface area contributed by atoms with Gasteiger partial charge in [-0.15, -0.1) is 0 Å². The number of ether oxygens (including phenoxy) is 1. The van der Waals surface area contributed by atoms with Crippen LogP contribution in [-0.4, -0.2) is 32.1 Å². The second-order valence-electron chi connectivity index (χ2n) is 5.30. The van der Waals surface area contributed by atoms with Crippen LogP contribution in [0.1, 0.15) is 25.8 Å². The molecule has 1 heterocycles. The Morgan fingerprint density at radius 3 is 2.74 bits per heavy atom. The third-order valence-electron chi connectivity index (χ3n) is 3.48. The van der Waals surface area contributed by atoms with Gasteiger partial charge in [0.1, 0.15) is 5.75 Å². The van der Waals surface area contributed by atoms with Crippen LogP contribution in [-0.2, 0) is 16.4 Å². The van der Waals surface area contributed by atoms with Gasteiger partial charge in [-0.1, -0.05) is 18.2 Å². The molecule has 1 aromatic rings. The van der Waals surface area contributed by atoms with E-state index in [1.807, 2.05) is 38.1 Å². The zero-order valence-corrected chi connectivity index (χ0v) is 12.3. The molecule has 0 amide bonds. The van der Waals surface area contributed by atoms with E-state index >= 15 is 0 Å². The molecule has 19 heavy (non-hydrogen) atoms. The van der Waals surface area contributed by atoms with E-state index in [-0.39, 0.29) is 17.0 Å². The predicted molar refractivity (Wildman–Crippen MR) is 76.1 cm³/mol. The van der Waals surface area contributed by atoms with Crippen molar-refractivity contribution < 1.29 is 13.2 Å². The van der Waals surface area contributed by atoms with Crippen molar-refractivity contribution in [3.63, 3.8) is 0 Å². The molecule has 0 radical (unpaired) electrons. The Morgan fingerprint density at radius 1 is 1.37 bits per heavy atom. The molecule has 1 fully saturated rings. The fourth-order valence-corrected chi connectivity index (χ4v) is 4.53. The summed E-state index contributed by atoms with van der Waals surface area (Å²) >= 11 is 0. The molecule has 1 atom stereocenters. The van der Waals surface area contributed by atoms with Crippen LogP contribution >= 0.6 is 0 Å². The summed E-state index contributed by atoms with van der Waals surface area (Å²) in [7, 11) is -2.87. The lowest BCUT2D eigenvalue weighted by atomic mass is 10.0. The molecule has 1 aliphatic rings. The van der Waals surface area contributed by atoms with Crippen LogP contribution in [0.2, 0.25) is 0 Å². The van der Waals surface area contributed by atoms with Crippen LogP contribution in [0, 0.1) is 0 Å². The molecule has 0 aromatic heterocycles. The highest BCUT2D eigenvalue weighted by Gasteiger charge is 2.37. The number of benzene rings is 1. The summed E-state index contributed by atoms with van der Waals surface area (Å²) in [4.78, 5) is 0. The average Bonchev–Trinajstić information content (AvgIpc) is 2.64. The fraction of sp³-hybridized carbons (Fsp3) is 0.571. The summed E-state index contributed by atoms with van der Waals surface area (Å²) in [6.45, 7) is 5.18. The van der Waals surface area contributed by atoms with Gasteiger partial charge in [0, 0.05) is 17.6 Å². The molecule has 1 unspecified atom stereocenters. The third kappa shape index (κ3) is 3.70. The van der Waals surface area contributed by atoms with Crippen LogP contribution < -0.4 is 10.1 Å². The van der Waals surface area contributed by atoms with E-state index in [1.54, 1.807) is 0 Å². The predicted octanol–water partition coefficient (Wildman–Crippen LogP) is 1.75. The Balaban J connectivity index is 2.03. The van der Waals surface area contributed by atoms with Crippen molar-refractivity contribution in [2.45, 2.75) is 32.4 Å². The van der Waals surface area contributed by atoms with Crippen LogP contribution in [0.5, 0.6) is 5.75 Å². The molecule has 1 N–H and O–H groups in total. The highest BCUT2D eigenvalue weighted by Crippen LogP contribution is 2.25. The van der Waals surface area contributed by atoms with E-state index in [1.165, 1.54) is 0 Å². The SMILES string of the molecule is CCOc1ccccc1CNC1(C)CCS(=O)(=O)C1. The van der Waals surface area contributed by atoms with Gasteiger partial charge >= 0.3 is 0 Å². The Bertz CT molecular complexity index is 541. The van der Waals surface area contributed by atoms with Gasteiger partial charge in [0.05, 0.1) is 18.1 Å². The maximum Gasteiger partial charge on any atom is 0.152 e. The van der Waals surface area contributed by atoms with Crippen molar-refractivity contribution >= 4 is 9.84 Å². The second-order valence-corrected chi connectivity index (χ2v) is 7.48. The Kier molecular flexibility index (Phi) is 4.16. The molecule has 2 rings (SSSR count). The molecular formula is C14H21NO3S. The normalized spacial score (nSPS) is 25.4. The van der Waals surface area contributed by atoms with Gasteiger partial charge in [0.15, 0.2) is 9.84 Å². The number of hydrogen-bond acceptors (Lipinski definition) is 4. The number of sulfone groups is 1. The summed E-state index contributed by atoms with van der Waals surface area (Å²) in [6.07, 6.45) is 0.673. The monoisotopic (exact) mass is 283 g/mol. The molecule has 106 valence electrons. The summed E-state index contributed by atoms with van der Waals surface area (Å²) < 4.78 is 28.7. The van der Waals surface area contributed by atoms with Gasteiger partial charge < -0.3 is 10.1 Å². The molecule has 1 saturated heterocycles. The lowest BCUT2D eigenvalue weighted by Crippen LogP contribution is -2.42. The number of rotatable bonds is 5. The molecule has 5 heteroatoms. The molecule has 0 bridgehead atoms. The number of hydrogen-bond donors (Lipinski definition) is 1. The van der Waals surface area contributed by atoms with Crippen LogP contribution in [0.25, 0.3) is 0 Å². The van der Waals surface area contributed by atoms with E-state index in [2.05, 4.69) is 5.32 Å².